The molecular weight excluding hydrogens is 627 g/mol. The fourth-order valence-electron chi connectivity index (χ4n) is 6.59. The molecular formula is C38H44ClFN6S. The zero-order chi connectivity index (χ0) is 32.8. The van der Waals surface area contributed by atoms with Gasteiger partial charge in [-0.2, -0.15) is 16.7 Å². The number of anilines is 2. The number of rotatable bonds is 13. The summed E-state index contributed by atoms with van der Waals surface area (Å²) in [6.07, 6.45) is 4.58. The van der Waals surface area contributed by atoms with Gasteiger partial charge in [0.1, 0.15) is 11.6 Å². The number of nitrogens with zero attached hydrogens (tertiary/aromatic N) is 4. The van der Waals surface area contributed by atoms with Crippen molar-refractivity contribution in [3.8, 4) is 11.3 Å². The molecule has 5 aromatic rings. The molecule has 6 rings (SSSR count). The van der Waals surface area contributed by atoms with E-state index in [9.17, 15) is 4.39 Å². The fourth-order valence-corrected chi connectivity index (χ4v) is 7.85. The van der Waals surface area contributed by atoms with E-state index < -0.39 is 0 Å². The maximum atomic E-state index is 14.3. The molecule has 2 heterocycles. The van der Waals surface area contributed by atoms with Gasteiger partial charge in [-0.25, -0.2) is 9.37 Å². The molecule has 1 saturated carbocycles. The van der Waals surface area contributed by atoms with Gasteiger partial charge in [0.15, 0.2) is 0 Å². The van der Waals surface area contributed by atoms with Crippen LogP contribution in [0.2, 0.25) is 5.02 Å². The van der Waals surface area contributed by atoms with Crippen LogP contribution < -0.4 is 15.5 Å². The van der Waals surface area contributed by atoms with Crippen LogP contribution in [0.15, 0.2) is 78.9 Å². The molecule has 3 aromatic carbocycles. The molecule has 246 valence electrons. The van der Waals surface area contributed by atoms with Crippen LogP contribution >= 0.6 is 23.4 Å². The van der Waals surface area contributed by atoms with Gasteiger partial charge in [0, 0.05) is 72.1 Å². The van der Waals surface area contributed by atoms with Crippen LogP contribution in [0.1, 0.15) is 42.5 Å². The number of benzene rings is 3. The second-order valence-corrected chi connectivity index (χ2v) is 14.2. The average molecular weight is 671 g/mol. The second kappa shape index (κ2) is 15.5. The van der Waals surface area contributed by atoms with Crippen molar-refractivity contribution in [1.29, 1.82) is 0 Å². The largest absolute Gasteiger partial charge is 0.362 e. The number of thioether (sulfide) groups is 1. The van der Waals surface area contributed by atoms with E-state index in [1.165, 1.54) is 41.4 Å². The topological polar surface area (TPSA) is 58.0 Å². The minimum Gasteiger partial charge on any atom is -0.362 e. The van der Waals surface area contributed by atoms with Crippen LogP contribution in [0, 0.1) is 18.7 Å². The molecule has 0 saturated heterocycles. The molecule has 0 spiro atoms. The van der Waals surface area contributed by atoms with Gasteiger partial charge in [-0.05, 0) is 86.5 Å². The van der Waals surface area contributed by atoms with Crippen molar-refractivity contribution in [2.45, 2.75) is 57.5 Å². The average Bonchev–Trinajstić information content (AvgIpc) is 3.39. The number of nitrogens with one attached hydrogen (secondary N) is 2. The summed E-state index contributed by atoms with van der Waals surface area (Å²) in [5.74, 6) is 3.51. The van der Waals surface area contributed by atoms with Crippen molar-refractivity contribution in [2.24, 2.45) is 5.92 Å². The minimum absolute atomic E-state index is 0.234. The molecule has 0 bridgehead atoms. The summed E-state index contributed by atoms with van der Waals surface area (Å²) in [5.41, 5.74) is 6.60. The Hall–Kier alpha value is -3.59. The smallest absolute Gasteiger partial charge is 0.225 e. The highest BCUT2D eigenvalue weighted by Gasteiger charge is 2.23. The lowest BCUT2D eigenvalue weighted by molar-refractivity contribution is 0.323. The van der Waals surface area contributed by atoms with Crippen molar-refractivity contribution >= 4 is 46.0 Å². The molecule has 0 unspecified atom stereocenters. The molecule has 9 heteroatoms. The van der Waals surface area contributed by atoms with E-state index in [2.05, 4.69) is 75.6 Å². The van der Waals surface area contributed by atoms with E-state index in [0.29, 0.717) is 28.3 Å². The molecule has 6 nitrogen and oxygen atoms in total. The van der Waals surface area contributed by atoms with Gasteiger partial charge in [0.05, 0.1) is 5.52 Å². The lowest BCUT2D eigenvalue weighted by atomic mass is 9.86. The standard InChI is InChI=1S/C38H44ClFN6S/c1-26-29(22-36(28-10-5-4-6-11-28)46(26)20-21-47-25-32-33(39)13-9-14-34(32)40)24-41-23-27-16-18-30(19-17-27)42-38-43-35-15-8-7-12-31(35)37(44-38)45(2)3/h4-15,22,27,30,41H,16-21,23-25H2,1-3H3,(H,42,43,44)/t27-,30+. The molecule has 47 heavy (non-hydrogen) atoms. The van der Waals surface area contributed by atoms with E-state index in [0.717, 1.165) is 60.9 Å². The van der Waals surface area contributed by atoms with Crippen molar-refractivity contribution < 1.29 is 4.39 Å². The first-order chi connectivity index (χ1) is 22.9. The Balaban J connectivity index is 1.03. The van der Waals surface area contributed by atoms with E-state index in [1.54, 1.807) is 23.9 Å². The fraction of sp³-hybridized carbons (Fsp3) is 0.368. The predicted octanol–water partition coefficient (Wildman–Crippen LogP) is 8.96. The van der Waals surface area contributed by atoms with Gasteiger partial charge >= 0.3 is 0 Å². The number of hydrogen-bond donors (Lipinski definition) is 2. The Labute approximate surface area is 287 Å². The summed E-state index contributed by atoms with van der Waals surface area (Å²) in [7, 11) is 4.06. The third-order valence-corrected chi connectivity index (χ3v) is 10.6. The van der Waals surface area contributed by atoms with Crippen LogP contribution in [-0.4, -0.2) is 47.0 Å². The highest BCUT2D eigenvalue weighted by molar-refractivity contribution is 7.98. The summed E-state index contributed by atoms with van der Waals surface area (Å²) < 4.78 is 16.7. The van der Waals surface area contributed by atoms with Crippen molar-refractivity contribution in [1.82, 2.24) is 19.9 Å². The lowest BCUT2D eigenvalue weighted by Gasteiger charge is -2.29. The SMILES string of the molecule is Cc1c(CNC[C@H]2CC[C@@H](Nc3nc(N(C)C)c4ccccc4n3)CC2)cc(-c2ccccc2)n1CCSCc1c(F)cccc1Cl. The van der Waals surface area contributed by atoms with Gasteiger partial charge in [0.25, 0.3) is 0 Å². The first-order valence-electron chi connectivity index (χ1n) is 16.5. The van der Waals surface area contributed by atoms with Crippen molar-refractivity contribution in [3.63, 3.8) is 0 Å². The summed E-state index contributed by atoms with van der Waals surface area (Å²) in [5, 5.41) is 8.99. The molecule has 1 aliphatic rings. The van der Waals surface area contributed by atoms with Crippen LogP contribution in [0.4, 0.5) is 16.2 Å². The lowest BCUT2D eigenvalue weighted by Crippen LogP contribution is -2.31. The third-order valence-electron chi connectivity index (χ3n) is 9.24. The van der Waals surface area contributed by atoms with E-state index in [4.69, 9.17) is 21.6 Å². The van der Waals surface area contributed by atoms with Crippen LogP contribution in [0.25, 0.3) is 22.2 Å². The summed E-state index contributed by atoms with van der Waals surface area (Å²) >= 11 is 7.98. The number of halogens is 2. The summed E-state index contributed by atoms with van der Waals surface area (Å²) in [6.45, 7) is 4.91. The quantitative estimate of drug-likeness (QED) is 0.122. The van der Waals surface area contributed by atoms with Crippen LogP contribution in [-0.2, 0) is 18.8 Å². The Morgan fingerprint density at radius 3 is 2.49 bits per heavy atom. The Kier molecular flexibility index (Phi) is 11.0. The minimum atomic E-state index is -0.234. The first kappa shape index (κ1) is 33.3. The molecule has 2 N–H and O–H groups in total. The number of aromatic nitrogens is 3. The van der Waals surface area contributed by atoms with E-state index >= 15 is 0 Å². The van der Waals surface area contributed by atoms with Crippen LogP contribution in [0.3, 0.4) is 0 Å². The molecule has 1 fully saturated rings. The monoisotopic (exact) mass is 670 g/mol. The van der Waals surface area contributed by atoms with Crippen LogP contribution in [0.5, 0.6) is 0 Å². The highest BCUT2D eigenvalue weighted by atomic mass is 35.5. The molecule has 0 amide bonds. The summed E-state index contributed by atoms with van der Waals surface area (Å²) in [4.78, 5) is 11.7. The third kappa shape index (κ3) is 8.11. The normalized spacial score (nSPS) is 16.4. The molecule has 1 aliphatic carbocycles. The first-order valence-corrected chi connectivity index (χ1v) is 18.1. The Morgan fingerprint density at radius 2 is 1.72 bits per heavy atom. The molecule has 2 aromatic heterocycles. The van der Waals surface area contributed by atoms with E-state index in [1.807, 2.05) is 26.2 Å². The van der Waals surface area contributed by atoms with Gasteiger partial charge in [-0.1, -0.05) is 60.1 Å². The second-order valence-electron chi connectivity index (χ2n) is 12.7. The zero-order valence-corrected chi connectivity index (χ0v) is 29.0. The Morgan fingerprint density at radius 1 is 0.957 bits per heavy atom. The zero-order valence-electron chi connectivity index (χ0n) is 27.5. The van der Waals surface area contributed by atoms with Gasteiger partial charge in [-0.15, -0.1) is 0 Å². The maximum Gasteiger partial charge on any atom is 0.225 e. The number of hydrogen-bond acceptors (Lipinski definition) is 6. The molecule has 0 atom stereocenters. The van der Waals surface area contributed by atoms with Gasteiger partial charge in [0.2, 0.25) is 5.95 Å². The van der Waals surface area contributed by atoms with Crippen molar-refractivity contribution in [3.05, 3.63) is 107 Å². The predicted molar refractivity (Wildman–Crippen MR) is 197 cm³/mol. The summed E-state index contributed by atoms with van der Waals surface area (Å²) in [6, 6.07) is 26.4. The van der Waals surface area contributed by atoms with Gasteiger partial charge in [-0.3, -0.25) is 0 Å². The van der Waals surface area contributed by atoms with Gasteiger partial charge < -0.3 is 20.1 Å². The Bertz CT molecular complexity index is 1760. The molecule has 0 radical (unpaired) electrons. The maximum absolute atomic E-state index is 14.3. The number of para-hydroxylation sites is 1. The van der Waals surface area contributed by atoms with Crippen molar-refractivity contribution in [2.75, 3.05) is 36.6 Å². The van der Waals surface area contributed by atoms with E-state index in [-0.39, 0.29) is 5.82 Å². The molecule has 0 aliphatic heterocycles. The highest BCUT2D eigenvalue weighted by Crippen LogP contribution is 2.30. The number of fused-ring (bicyclic) bond motifs is 1.